The highest BCUT2D eigenvalue weighted by Crippen LogP contribution is 2.28. The molecule has 0 aliphatic rings. The molecule has 0 aliphatic heterocycles. The fourth-order valence-corrected chi connectivity index (χ4v) is 2.90. The zero-order chi connectivity index (χ0) is 21.3. The van der Waals surface area contributed by atoms with Gasteiger partial charge in [0.25, 0.3) is 0 Å². The largest absolute Gasteiger partial charge is 0.493 e. The van der Waals surface area contributed by atoms with Crippen molar-refractivity contribution in [2.24, 2.45) is 0 Å². The lowest BCUT2D eigenvalue weighted by Crippen LogP contribution is -2.30. The minimum Gasteiger partial charge on any atom is -0.493 e. The lowest BCUT2D eigenvalue weighted by Gasteiger charge is -2.19. The summed E-state index contributed by atoms with van der Waals surface area (Å²) in [6.45, 7) is 4.14. The SMILES string of the molecule is C=CCc1ccc(OCC(Cn2cncn2)OC(=O)c2ccc(Cl)cc2)c(OC)c1. The van der Waals surface area contributed by atoms with Gasteiger partial charge in [0.1, 0.15) is 19.3 Å². The number of hydrogen-bond donors (Lipinski definition) is 0. The van der Waals surface area contributed by atoms with Crippen LogP contribution in [-0.2, 0) is 17.7 Å². The average molecular weight is 428 g/mol. The van der Waals surface area contributed by atoms with E-state index in [-0.39, 0.29) is 13.2 Å². The van der Waals surface area contributed by atoms with Crippen LogP contribution in [0.1, 0.15) is 15.9 Å². The van der Waals surface area contributed by atoms with Crippen molar-refractivity contribution in [1.29, 1.82) is 0 Å². The Morgan fingerprint density at radius 3 is 2.70 bits per heavy atom. The van der Waals surface area contributed by atoms with Crippen LogP contribution in [0.2, 0.25) is 5.02 Å². The van der Waals surface area contributed by atoms with Gasteiger partial charge in [-0.05, 0) is 48.4 Å². The van der Waals surface area contributed by atoms with Crippen LogP contribution in [0.5, 0.6) is 11.5 Å². The van der Waals surface area contributed by atoms with Crippen molar-refractivity contribution >= 4 is 17.6 Å². The molecular weight excluding hydrogens is 406 g/mol. The van der Waals surface area contributed by atoms with E-state index in [1.807, 2.05) is 24.3 Å². The molecule has 2 aromatic carbocycles. The Labute approximate surface area is 179 Å². The molecule has 3 aromatic rings. The Morgan fingerprint density at radius 1 is 1.23 bits per heavy atom. The third-order valence-electron chi connectivity index (χ3n) is 4.24. The molecule has 156 valence electrons. The number of rotatable bonds is 10. The highest BCUT2D eigenvalue weighted by molar-refractivity contribution is 6.30. The van der Waals surface area contributed by atoms with Crippen LogP contribution < -0.4 is 9.47 Å². The quantitative estimate of drug-likeness (QED) is 0.360. The van der Waals surface area contributed by atoms with Crippen LogP contribution >= 0.6 is 11.6 Å². The lowest BCUT2D eigenvalue weighted by molar-refractivity contribution is 0.0112. The predicted octanol–water partition coefficient (Wildman–Crippen LogP) is 3.97. The molecule has 0 spiro atoms. The molecule has 0 radical (unpaired) electrons. The zero-order valence-corrected chi connectivity index (χ0v) is 17.3. The van der Waals surface area contributed by atoms with Gasteiger partial charge in [-0.2, -0.15) is 5.10 Å². The number of methoxy groups -OCH3 is 1. The van der Waals surface area contributed by atoms with Crippen molar-refractivity contribution < 1.29 is 19.0 Å². The molecule has 0 saturated heterocycles. The number of nitrogens with zero attached hydrogens (tertiary/aromatic N) is 3. The molecule has 30 heavy (non-hydrogen) atoms. The van der Waals surface area contributed by atoms with Gasteiger partial charge in [-0.25, -0.2) is 14.5 Å². The molecule has 7 nitrogen and oxygen atoms in total. The minimum atomic E-state index is -0.604. The highest BCUT2D eigenvalue weighted by atomic mass is 35.5. The van der Waals surface area contributed by atoms with E-state index in [2.05, 4.69) is 16.7 Å². The Bertz CT molecular complexity index is 975. The summed E-state index contributed by atoms with van der Waals surface area (Å²) >= 11 is 5.89. The first-order valence-corrected chi connectivity index (χ1v) is 9.66. The number of aromatic nitrogens is 3. The third-order valence-corrected chi connectivity index (χ3v) is 4.50. The first-order valence-electron chi connectivity index (χ1n) is 9.28. The second-order valence-corrected chi connectivity index (χ2v) is 6.88. The smallest absolute Gasteiger partial charge is 0.338 e. The number of benzene rings is 2. The first kappa shape index (κ1) is 21.4. The van der Waals surface area contributed by atoms with Gasteiger partial charge in [-0.3, -0.25) is 0 Å². The first-order chi connectivity index (χ1) is 14.6. The number of hydrogen-bond acceptors (Lipinski definition) is 6. The van der Waals surface area contributed by atoms with E-state index in [4.69, 9.17) is 25.8 Å². The summed E-state index contributed by atoms with van der Waals surface area (Å²) in [5, 5.41) is 4.62. The Morgan fingerprint density at radius 2 is 2.03 bits per heavy atom. The van der Waals surface area contributed by atoms with Gasteiger partial charge >= 0.3 is 5.97 Å². The lowest BCUT2D eigenvalue weighted by atomic mass is 10.1. The Hall–Kier alpha value is -3.32. The van der Waals surface area contributed by atoms with E-state index in [0.29, 0.717) is 22.1 Å². The average Bonchev–Trinajstić information content (AvgIpc) is 3.26. The number of halogens is 1. The number of ether oxygens (including phenoxy) is 3. The Balaban J connectivity index is 1.72. The molecule has 0 N–H and O–H groups in total. The topological polar surface area (TPSA) is 75.5 Å². The maximum Gasteiger partial charge on any atom is 0.338 e. The molecule has 0 bridgehead atoms. The second kappa shape index (κ2) is 10.5. The fourth-order valence-electron chi connectivity index (χ4n) is 2.77. The Kier molecular flexibility index (Phi) is 7.45. The van der Waals surface area contributed by atoms with E-state index in [1.165, 1.54) is 6.33 Å². The summed E-state index contributed by atoms with van der Waals surface area (Å²) in [6, 6.07) is 12.1. The van der Waals surface area contributed by atoms with Crippen LogP contribution in [0.25, 0.3) is 0 Å². The molecule has 0 fully saturated rings. The monoisotopic (exact) mass is 427 g/mol. The molecule has 0 aliphatic carbocycles. The van der Waals surface area contributed by atoms with Crippen LogP contribution in [-0.4, -0.2) is 40.6 Å². The van der Waals surface area contributed by atoms with Crippen LogP contribution in [0.4, 0.5) is 0 Å². The summed E-state index contributed by atoms with van der Waals surface area (Å²) in [6.07, 6.45) is 4.91. The van der Waals surface area contributed by atoms with Crippen molar-refractivity contribution in [2.45, 2.75) is 19.1 Å². The van der Waals surface area contributed by atoms with Gasteiger partial charge < -0.3 is 14.2 Å². The van der Waals surface area contributed by atoms with Crippen molar-refractivity contribution in [1.82, 2.24) is 14.8 Å². The second-order valence-electron chi connectivity index (χ2n) is 6.44. The van der Waals surface area contributed by atoms with Gasteiger partial charge in [0.15, 0.2) is 17.6 Å². The maximum atomic E-state index is 12.5. The molecule has 0 amide bonds. The summed E-state index contributed by atoms with van der Waals surface area (Å²) in [5.74, 6) is 0.669. The summed E-state index contributed by atoms with van der Waals surface area (Å²) in [7, 11) is 1.58. The van der Waals surface area contributed by atoms with E-state index >= 15 is 0 Å². The van der Waals surface area contributed by atoms with Crippen molar-refractivity contribution in [3.05, 3.63) is 83.9 Å². The molecule has 3 rings (SSSR count). The predicted molar refractivity (Wildman–Crippen MR) is 113 cm³/mol. The van der Waals surface area contributed by atoms with E-state index in [9.17, 15) is 4.79 Å². The van der Waals surface area contributed by atoms with E-state index in [0.717, 1.165) is 12.0 Å². The van der Waals surface area contributed by atoms with Gasteiger partial charge in [0.05, 0.1) is 19.2 Å². The number of carbonyl (C=O) groups is 1. The molecule has 1 aromatic heterocycles. The van der Waals surface area contributed by atoms with Gasteiger partial charge in [0, 0.05) is 5.02 Å². The van der Waals surface area contributed by atoms with Crippen molar-refractivity contribution in [3.8, 4) is 11.5 Å². The van der Waals surface area contributed by atoms with Crippen molar-refractivity contribution in [3.63, 3.8) is 0 Å². The summed E-state index contributed by atoms with van der Waals surface area (Å²) in [4.78, 5) is 16.5. The number of esters is 1. The third kappa shape index (κ3) is 5.84. The molecule has 1 unspecified atom stereocenters. The van der Waals surface area contributed by atoms with Crippen LogP contribution in [0.3, 0.4) is 0 Å². The fraction of sp³-hybridized carbons (Fsp3) is 0.227. The molecular formula is C22H22ClN3O4. The molecule has 0 saturated carbocycles. The summed E-state index contributed by atoms with van der Waals surface area (Å²) < 4.78 is 18.6. The minimum absolute atomic E-state index is 0.107. The highest BCUT2D eigenvalue weighted by Gasteiger charge is 2.19. The maximum absolute atomic E-state index is 12.5. The van der Waals surface area contributed by atoms with E-state index in [1.54, 1.807) is 42.4 Å². The van der Waals surface area contributed by atoms with E-state index < -0.39 is 12.1 Å². The zero-order valence-electron chi connectivity index (χ0n) is 16.5. The van der Waals surface area contributed by atoms with Gasteiger partial charge in [-0.15, -0.1) is 6.58 Å². The molecule has 8 heteroatoms. The summed E-state index contributed by atoms with van der Waals surface area (Å²) in [5.41, 5.74) is 1.46. The van der Waals surface area contributed by atoms with Gasteiger partial charge in [0.2, 0.25) is 0 Å². The number of carbonyl (C=O) groups excluding carboxylic acids is 1. The number of allylic oxidation sites excluding steroid dienone is 1. The van der Waals surface area contributed by atoms with Crippen LogP contribution in [0, 0.1) is 0 Å². The molecule has 1 heterocycles. The normalized spacial score (nSPS) is 11.5. The molecule has 1 atom stereocenters. The van der Waals surface area contributed by atoms with Crippen molar-refractivity contribution in [2.75, 3.05) is 13.7 Å². The standard InChI is InChI=1S/C22H22ClN3O4/c1-3-4-16-5-10-20(21(11-16)28-2)29-13-19(12-26-15-24-14-25-26)30-22(27)17-6-8-18(23)9-7-17/h3,5-11,14-15,19H,1,4,12-13H2,2H3. The van der Waals surface area contributed by atoms with Gasteiger partial charge in [-0.1, -0.05) is 23.7 Å². The van der Waals surface area contributed by atoms with Crippen LogP contribution in [0.15, 0.2) is 67.8 Å².